The summed E-state index contributed by atoms with van der Waals surface area (Å²) in [4.78, 5) is 24.6. The van der Waals surface area contributed by atoms with Gasteiger partial charge in [0, 0.05) is 17.7 Å². The van der Waals surface area contributed by atoms with Crippen molar-refractivity contribution in [2.75, 3.05) is 0 Å². The molecule has 0 bridgehead atoms. The molecule has 1 aromatic heterocycles. The maximum absolute atomic E-state index is 13.2. The average Bonchev–Trinajstić information content (AvgIpc) is 2.76. The highest BCUT2D eigenvalue weighted by atomic mass is 16.7. The van der Waals surface area contributed by atoms with Crippen LogP contribution < -0.4 is 10.2 Å². The first kappa shape index (κ1) is 23.1. The number of hydrogen-bond donors (Lipinski definition) is 8. The molecule has 5 atom stereocenters. The molecule has 34 heavy (non-hydrogen) atoms. The van der Waals surface area contributed by atoms with Gasteiger partial charge in [-0.25, -0.2) is 4.79 Å². The molecule has 2 aromatic carbocycles. The van der Waals surface area contributed by atoms with Crippen molar-refractivity contribution in [3.8, 4) is 40.1 Å². The van der Waals surface area contributed by atoms with E-state index in [2.05, 4.69) is 0 Å². The van der Waals surface area contributed by atoms with Crippen LogP contribution in [0.15, 0.2) is 39.5 Å². The van der Waals surface area contributed by atoms with Gasteiger partial charge in [0.05, 0.1) is 0 Å². The predicted molar refractivity (Wildman–Crippen MR) is 110 cm³/mol. The molecule has 3 aromatic rings. The lowest BCUT2D eigenvalue weighted by atomic mass is 9.99. The maximum Gasteiger partial charge on any atom is 0.335 e. The summed E-state index contributed by atoms with van der Waals surface area (Å²) < 4.78 is 16.1. The number of benzene rings is 2. The highest BCUT2D eigenvalue weighted by Crippen LogP contribution is 2.39. The van der Waals surface area contributed by atoms with Crippen molar-refractivity contribution < 1.29 is 59.5 Å². The van der Waals surface area contributed by atoms with E-state index in [1.165, 1.54) is 6.07 Å². The van der Waals surface area contributed by atoms with Crippen molar-refractivity contribution >= 4 is 16.9 Å². The van der Waals surface area contributed by atoms with Gasteiger partial charge < -0.3 is 54.7 Å². The molecule has 0 aliphatic carbocycles. The number of aliphatic hydroxyl groups is 3. The third-order valence-corrected chi connectivity index (χ3v) is 5.20. The first-order valence-electron chi connectivity index (χ1n) is 9.64. The van der Waals surface area contributed by atoms with Gasteiger partial charge >= 0.3 is 5.97 Å². The Morgan fingerprint density at radius 1 is 0.882 bits per heavy atom. The number of phenols is 4. The molecule has 8 N–H and O–H groups in total. The van der Waals surface area contributed by atoms with Gasteiger partial charge in [-0.05, 0) is 18.2 Å². The summed E-state index contributed by atoms with van der Waals surface area (Å²) in [6, 6.07) is 5.13. The van der Waals surface area contributed by atoms with Crippen LogP contribution in [0.5, 0.6) is 28.7 Å². The quantitative estimate of drug-likeness (QED) is 0.223. The van der Waals surface area contributed by atoms with E-state index in [0.29, 0.717) is 0 Å². The fourth-order valence-electron chi connectivity index (χ4n) is 3.50. The van der Waals surface area contributed by atoms with Crippen molar-refractivity contribution in [2.24, 2.45) is 0 Å². The molecule has 0 saturated carbocycles. The van der Waals surface area contributed by atoms with Gasteiger partial charge in [-0.15, -0.1) is 0 Å². The molecule has 1 aliphatic rings. The molecule has 1 saturated heterocycles. The van der Waals surface area contributed by atoms with Crippen LogP contribution in [0.25, 0.3) is 22.3 Å². The molecule has 0 amide bonds. The SMILES string of the molecule is O=C(O)[C@H]1O[C@H](Oc2c(-c3ccc(O)c(O)c3)oc3cc(O)cc(O)c3c2=O)[C@H](O)[C@@H](O)[C@@H]1O. The summed E-state index contributed by atoms with van der Waals surface area (Å²) in [5.41, 5.74) is -1.40. The summed E-state index contributed by atoms with van der Waals surface area (Å²) in [6.45, 7) is 0. The summed E-state index contributed by atoms with van der Waals surface area (Å²) >= 11 is 0. The van der Waals surface area contributed by atoms with E-state index in [1.807, 2.05) is 0 Å². The maximum atomic E-state index is 13.2. The molecule has 4 rings (SSSR count). The lowest BCUT2D eigenvalue weighted by molar-refractivity contribution is -0.271. The molecule has 1 aliphatic heterocycles. The van der Waals surface area contributed by atoms with Crippen LogP contribution in [0, 0.1) is 0 Å². The number of aliphatic carboxylic acids is 1. The predicted octanol–water partition coefficient (Wildman–Crippen LogP) is -0.447. The second-order valence-corrected chi connectivity index (χ2v) is 7.48. The second kappa shape index (κ2) is 8.39. The van der Waals surface area contributed by atoms with Gasteiger partial charge in [0.15, 0.2) is 23.4 Å². The monoisotopic (exact) mass is 478 g/mol. The standard InChI is InChI=1S/C21H18O13/c22-7-4-10(25)12-11(5-7)32-17(6-1-2-8(23)9(24)3-6)18(13(12)26)33-21-16(29)14(27)15(28)19(34-21)20(30)31/h1-5,14-16,19,21-25,27-29H,(H,30,31)/t14-,15-,16+,19-,21-/m0/s1. The molecule has 180 valence electrons. The Balaban J connectivity index is 1.91. The van der Waals surface area contributed by atoms with Gasteiger partial charge in [0.2, 0.25) is 17.5 Å². The number of carboxylic acid groups (broad SMARTS) is 1. The minimum Gasteiger partial charge on any atom is -0.508 e. The highest BCUT2D eigenvalue weighted by molar-refractivity contribution is 5.88. The van der Waals surface area contributed by atoms with Gasteiger partial charge in [-0.2, -0.15) is 0 Å². The largest absolute Gasteiger partial charge is 0.508 e. The first-order valence-corrected chi connectivity index (χ1v) is 9.64. The summed E-state index contributed by atoms with van der Waals surface area (Å²) in [5.74, 6) is -5.11. The molecule has 0 radical (unpaired) electrons. The number of hydrogen-bond acceptors (Lipinski definition) is 12. The topological polar surface area (TPSA) is 228 Å². The fraction of sp³-hybridized carbons (Fsp3) is 0.238. The van der Waals surface area contributed by atoms with E-state index < -0.39 is 82.0 Å². The van der Waals surface area contributed by atoms with Crippen LogP contribution in [0.1, 0.15) is 0 Å². The minimum atomic E-state index is -2.03. The second-order valence-electron chi connectivity index (χ2n) is 7.48. The zero-order chi connectivity index (χ0) is 24.9. The van der Waals surface area contributed by atoms with E-state index in [4.69, 9.17) is 13.9 Å². The van der Waals surface area contributed by atoms with Crippen LogP contribution in [0.3, 0.4) is 0 Å². The number of carboxylic acids is 1. The fourth-order valence-corrected chi connectivity index (χ4v) is 3.50. The van der Waals surface area contributed by atoms with Gasteiger partial charge in [-0.1, -0.05) is 0 Å². The Labute approximate surface area is 188 Å². The van der Waals surface area contributed by atoms with Gasteiger partial charge in [-0.3, -0.25) is 4.79 Å². The zero-order valence-electron chi connectivity index (χ0n) is 16.9. The van der Waals surface area contributed by atoms with E-state index in [-0.39, 0.29) is 11.1 Å². The van der Waals surface area contributed by atoms with Crippen LogP contribution in [-0.2, 0) is 9.53 Å². The average molecular weight is 478 g/mol. The van der Waals surface area contributed by atoms with Crippen LogP contribution in [-0.4, -0.2) is 77.5 Å². The zero-order valence-corrected chi connectivity index (χ0v) is 16.9. The van der Waals surface area contributed by atoms with E-state index in [9.17, 15) is 50.4 Å². The third-order valence-electron chi connectivity index (χ3n) is 5.20. The molecular weight excluding hydrogens is 460 g/mol. The Morgan fingerprint density at radius 3 is 2.24 bits per heavy atom. The molecule has 0 unspecified atom stereocenters. The van der Waals surface area contributed by atoms with Crippen LogP contribution in [0.4, 0.5) is 0 Å². The van der Waals surface area contributed by atoms with Crippen molar-refractivity contribution in [2.45, 2.75) is 30.7 Å². The van der Waals surface area contributed by atoms with E-state index in [1.54, 1.807) is 0 Å². The normalized spacial score (nSPS) is 24.7. The number of aliphatic hydroxyl groups excluding tert-OH is 3. The summed E-state index contributed by atoms with van der Waals surface area (Å²) in [7, 11) is 0. The van der Waals surface area contributed by atoms with Crippen molar-refractivity contribution in [1.29, 1.82) is 0 Å². The van der Waals surface area contributed by atoms with E-state index >= 15 is 0 Å². The Morgan fingerprint density at radius 2 is 1.59 bits per heavy atom. The number of carbonyl (C=O) groups is 1. The smallest absolute Gasteiger partial charge is 0.335 e. The third kappa shape index (κ3) is 3.82. The Kier molecular flexibility index (Phi) is 5.70. The van der Waals surface area contributed by atoms with E-state index in [0.717, 1.165) is 24.3 Å². The lowest BCUT2D eigenvalue weighted by Gasteiger charge is -2.38. The van der Waals surface area contributed by atoms with Crippen molar-refractivity contribution in [3.05, 3.63) is 40.6 Å². The molecule has 13 heteroatoms. The minimum absolute atomic E-state index is 0.0483. The Bertz CT molecular complexity index is 1330. The summed E-state index contributed by atoms with van der Waals surface area (Å²) in [6.07, 6.45) is -10.1. The molecule has 1 fully saturated rings. The highest BCUT2D eigenvalue weighted by Gasteiger charge is 2.48. The number of aromatic hydroxyl groups is 4. The lowest BCUT2D eigenvalue weighted by Crippen LogP contribution is -2.61. The number of ether oxygens (including phenoxy) is 2. The Hall–Kier alpha value is -4.04. The van der Waals surface area contributed by atoms with Gasteiger partial charge in [0.25, 0.3) is 0 Å². The van der Waals surface area contributed by atoms with Crippen molar-refractivity contribution in [1.82, 2.24) is 0 Å². The molecule has 2 heterocycles. The molecule has 13 nitrogen and oxygen atoms in total. The molecular formula is C21H18O13. The summed E-state index contributed by atoms with van der Waals surface area (Å²) in [5, 5.41) is 78.3. The van der Waals surface area contributed by atoms with Gasteiger partial charge in [0.1, 0.15) is 40.8 Å². The molecule has 0 spiro atoms. The van der Waals surface area contributed by atoms with Crippen LogP contribution in [0.2, 0.25) is 0 Å². The number of phenolic OH excluding ortho intramolecular Hbond substituents is 4. The van der Waals surface area contributed by atoms with Crippen LogP contribution >= 0.6 is 0 Å². The van der Waals surface area contributed by atoms with Crippen molar-refractivity contribution in [3.63, 3.8) is 0 Å². The first-order chi connectivity index (χ1) is 16.0. The number of fused-ring (bicyclic) bond motifs is 1. The number of rotatable bonds is 4.